The Hall–Kier alpha value is -3.61. The SMILES string of the molecule is CCC12CN(Cc3ccc(C#N)cc3)CCC1(O)c1ccc3c([n+]1C2)CN(C1CCC(=O)NC1=O)C3=O. The lowest BCUT2D eigenvalue weighted by atomic mass is 9.66. The van der Waals surface area contributed by atoms with Crippen molar-refractivity contribution in [3.63, 3.8) is 0 Å². The van der Waals surface area contributed by atoms with Gasteiger partial charge in [-0.05, 0) is 43.0 Å². The number of benzene rings is 1. The first-order chi connectivity index (χ1) is 17.8. The smallest absolute Gasteiger partial charge is 0.261 e. The molecule has 0 spiro atoms. The molecule has 2 aromatic rings. The molecular weight excluding hydrogens is 470 g/mol. The van der Waals surface area contributed by atoms with Gasteiger partial charge in [0.05, 0.1) is 17.0 Å². The molecule has 2 fully saturated rings. The zero-order chi connectivity index (χ0) is 25.9. The topological polar surface area (TPSA) is 118 Å². The first-order valence-electron chi connectivity index (χ1n) is 12.9. The van der Waals surface area contributed by atoms with Crippen LogP contribution in [-0.2, 0) is 34.8 Å². The monoisotopic (exact) mass is 500 g/mol. The van der Waals surface area contributed by atoms with E-state index in [1.807, 2.05) is 30.3 Å². The number of hydrogen-bond donors (Lipinski definition) is 2. The van der Waals surface area contributed by atoms with Crippen LogP contribution >= 0.6 is 0 Å². The van der Waals surface area contributed by atoms with Gasteiger partial charge in [0.15, 0.2) is 12.1 Å². The van der Waals surface area contributed by atoms with Gasteiger partial charge in [-0.15, -0.1) is 0 Å². The van der Waals surface area contributed by atoms with Crippen molar-refractivity contribution in [1.29, 1.82) is 5.26 Å². The van der Waals surface area contributed by atoms with Crippen LogP contribution in [0.4, 0.5) is 0 Å². The van der Waals surface area contributed by atoms with Crippen LogP contribution in [0.2, 0.25) is 0 Å². The largest absolute Gasteiger partial charge is 0.378 e. The van der Waals surface area contributed by atoms with Gasteiger partial charge < -0.3 is 10.0 Å². The lowest BCUT2D eigenvalue weighted by molar-refractivity contribution is -0.706. The van der Waals surface area contributed by atoms with Crippen molar-refractivity contribution in [2.45, 2.75) is 63.9 Å². The van der Waals surface area contributed by atoms with E-state index < -0.39 is 23.0 Å². The number of nitriles is 1. The lowest BCUT2D eigenvalue weighted by Crippen LogP contribution is -2.56. The molecule has 3 atom stereocenters. The highest BCUT2D eigenvalue weighted by molar-refractivity contribution is 6.05. The Balaban J connectivity index is 1.28. The molecule has 0 aliphatic carbocycles. The van der Waals surface area contributed by atoms with E-state index in [1.165, 1.54) is 0 Å². The van der Waals surface area contributed by atoms with Gasteiger partial charge in [-0.2, -0.15) is 9.83 Å². The highest BCUT2D eigenvalue weighted by Crippen LogP contribution is 2.52. The van der Waals surface area contributed by atoms with Crippen molar-refractivity contribution in [3.8, 4) is 6.07 Å². The number of hydrogen-bond acceptors (Lipinski definition) is 6. The van der Waals surface area contributed by atoms with E-state index in [-0.39, 0.29) is 18.2 Å². The average Bonchev–Trinajstić information content (AvgIpc) is 3.36. The Bertz CT molecular complexity index is 1370. The molecule has 4 aliphatic rings. The van der Waals surface area contributed by atoms with Crippen LogP contribution in [0.15, 0.2) is 36.4 Å². The van der Waals surface area contributed by atoms with Gasteiger partial charge in [0.25, 0.3) is 5.91 Å². The maximum atomic E-state index is 13.3. The van der Waals surface area contributed by atoms with Crippen LogP contribution in [0.1, 0.15) is 65.5 Å². The Morgan fingerprint density at radius 1 is 1.19 bits per heavy atom. The van der Waals surface area contributed by atoms with E-state index >= 15 is 0 Å². The van der Waals surface area contributed by atoms with Gasteiger partial charge >= 0.3 is 0 Å². The zero-order valence-electron chi connectivity index (χ0n) is 20.9. The maximum Gasteiger partial charge on any atom is 0.261 e. The van der Waals surface area contributed by atoms with Crippen molar-refractivity contribution in [2.24, 2.45) is 5.41 Å². The molecular formula is C28H30N5O4+. The van der Waals surface area contributed by atoms with Crippen LogP contribution in [0.25, 0.3) is 0 Å². The predicted molar refractivity (Wildman–Crippen MR) is 130 cm³/mol. The molecule has 6 rings (SSSR count). The fourth-order valence-electron chi connectivity index (χ4n) is 6.87. The van der Waals surface area contributed by atoms with E-state index in [4.69, 9.17) is 5.26 Å². The highest BCUT2D eigenvalue weighted by Gasteiger charge is 2.65. The summed E-state index contributed by atoms with van der Waals surface area (Å²) in [6, 6.07) is 12.8. The number of fused-ring (bicyclic) bond motifs is 5. The van der Waals surface area contributed by atoms with Gasteiger partial charge in [0, 0.05) is 32.1 Å². The number of aliphatic hydroxyl groups is 1. The first-order valence-corrected chi connectivity index (χ1v) is 12.9. The molecule has 0 radical (unpaired) electrons. The predicted octanol–water partition coefficient (Wildman–Crippen LogP) is 1.11. The second-order valence-electron chi connectivity index (χ2n) is 10.8. The molecule has 37 heavy (non-hydrogen) atoms. The van der Waals surface area contributed by atoms with Gasteiger partial charge in [0.2, 0.25) is 23.2 Å². The molecule has 2 saturated heterocycles. The summed E-state index contributed by atoms with van der Waals surface area (Å²) in [6.07, 6.45) is 1.90. The summed E-state index contributed by atoms with van der Waals surface area (Å²) in [5, 5.41) is 23.6. The van der Waals surface area contributed by atoms with Gasteiger partial charge in [-0.1, -0.05) is 19.1 Å². The minimum absolute atomic E-state index is 0.199. The summed E-state index contributed by atoms with van der Waals surface area (Å²) >= 11 is 0. The summed E-state index contributed by atoms with van der Waals surface area (Å²) in [5.41, 5.74) is 2.58. The van der Waals surface area contributed by atoms with Crippen molar-refractivity contribution in [3.05, 3.63) is 64.5 Å². The molecule has 4 aliphatic heterocycles. The normalized spacial score (nSPS) is 28.9. The van der Waals surface area contributed by atoms with Crippen LogP contribution < -0.4 is 9.88 Å². The maximum absolute atomic E-state index is 13.3. The number of carbonyl (C=O) groups excluding carboxylic acids is 3. The van der Waals surface area contributed by atoms with Gasteiger partial charge in [-0.25, -0.2) is 0 Å². The lowest BCUT2D eigenvalue weighted by Gasteiger charge is -2.46. The molecule has 0 bridgehead atoms. The number of aromatic nitrogens is 1. The molecule has 5 heterocycles. The summed E-state index contributed by atoms with van der Waals surface area (Å²) in [6.45, 7) is 5.18. The van der Waals surface area contributed by atoms with Crippen molar-refractivity contribution < 1.29 is 24.1 Å². The fraction of sp³-hybridized carbons (Fsp3) is 0.464. The van der Waals surface area contributed by atoms with Crippen LogP contribution in [0.3, 0.4) is 0 Å². The van der Waals surface area contributed by atoms with E-state index in [0.717, 1.165) is 36.5 Å². The third-order valence-electron chi connectivity index (χ3n) is 8.98. The van der Waals surface area contributed by atoms with E-state index in [1.54, 1.807) is 11.0 Å². The number of likely N-dealkylation sites (tertiary alicyclic amines) is 1. The van der Waals surface area contributed by atoms with E-state index in [0.29, 0.717) is 43.6 Å². The number of imide groups is 1. The molecule has 9 heteroatoms. The van der Waals surface area contributed by atoms with Crippen LogP contribution in [0, 0.1) is 16.7 Å². The number of piperidine rings is 2. The van der Waals surface area contributed by atoms with Crippen molar-refractivity contribution in [1.82, 2.24) is 15.1 Å². The molecule has 9 nitrogen and oxygen atoms in total. The van der Waals surface area contributed by atoms with Crippen LogP contribution in [0.5, 0.6) is 0 Å². The minimum atomic E-state index is -1.01. The number of nitrogens with one attached hydrogen (secondary N) is 1. The van der Waals surface area contributed by atoms with Gasteiger partial charge in [0.1, 0.15) is 18.2 Å². The number of amides is 3. The second kappa shape index (κ2) is 8.47. The number of rotatable bonds is 4. The first kappa shape index (κ1) is 23.8. The molecule has 3 unspecified atom stereocenters. The molecule has 190 valence electrons. The Morgan fingerprint density at radius 2 is 1.97 bits per heavy atom. The Labute approximate surface area is 215 Å². The molecule has 1 aromatic heterocycles. The van der Waals surface area contributed by atoms with E-state index in [2.05, 4.69) is 27.8 Å². The Kier molecular flexibility index (Phi) is 5.44. The standard InChI is InChI=1S/C28H29N5O4/c1-2-27-16-31(14-19-5-3-18(13-29)4-6-19)12-11-28(27,37)23-9-7-20-22(33(23)17-27)15-32(26(20)36)21-8-10-24(34)30-25(21)35/h3-7,9,21,37H,2,8,10-12,14-17H2,1H3/p+1. The van der Waals surface area contributed by atoms with Crippen molar-refractivity contribution in [2.75, 3.05) is 13.1 Å². The highest BCUT2D eigenvalue weighted by atomic mass is 16.3. The van der Waals surface area contributed by atoms with Gasteiger partial charge in [-0.3, -0.25) is 24.6 Å². The minimum Gasteiger partial charge on any atom is -0.378 e. The van der Waals surface area contributed by atoms with Crippen LogP contribution in [-0.4, -0.2) is 51.8 Å². The second-order valence-corrected chi connectivity index (χ2v) is 10.8. The Morgan fingerprint density at radius 3 is 2.68 bits per heavy atom. The fourth-order valence-corrected chi connectivity index (χ4v) is 6.87. The quantitative estimate of drug-likeness (QED) is 0.480. The molecule has 0 saturated carbocycles. The zero-order valence-corrected chi connectivity index (χ0v) is 20.9. The molecule has 1 aromatic carbocycles. The third kappa shape index (κ3) is 3.50. The summed E-state index contributed by atoms with van der Waals surface area (Å²) in [5.74, 6) is -0.924. The number of nitrogens with zero attached hydrogens (tertiary/aromatic N) is 4. The molecule has 2 N–H and O–H groups in total. The summed E-state index contributed by atoms with van der Waals surface area (Å²) in [7, 11) is 0. The number of pyridine rings is 1. The number of carbonyl (C=O) groups is 3. The summed E-state index contributed by atoms with van der Waals surface area (Å²) in [4.78, 5) is 41.4. The summed E-state index contributed by atoms with van der Waals surface area (Å²) < 4.78 is 2.12. The van der Waals surface area contributed by atoms with Crippen molar-refractivity contribution >= 4 is 17.7 Å². The third-order valence-corrected chi connectivity index (χ3v) is 8.98. The van der Waals surface area contributed by atoms with E-state index in [9.17, 15) is 19.5 Å². The average molecular weight is 501 g/mol. The molecule has 3 amide bonds.